The van der Waals surface area contributed by atoms with Gasteiger partial charge in [0, 0.05) is 28.6 Å². The van der Waals surface area contributed by atoms with E-state index in [1.807, 2.05) is 42.5 Å². The summed E-state index contributed by atoms with van der Waals surface area (Å²) in [5.74, 6) is 0.482. The third kappa shape index (κ3) is 5.02. The molecule has 1 aliphatic rings. The summed E-state index contributed by atoms with van der Waals surface area (Å²) in [5.41, 5.74) is 3.03. The molecule has 28 heavy (non-hydrogen) atoms. The van der Waals surface area contributed by atoms with Gasteiger partial charge in [-0.15, -0.1) is 0 Å². The molecule has 142 valence electrons. The second kappa shape index (κ2) is 8.31. The van der Waals surface area contributed by atoms with Crippen LogP contribution in [0.15, 0.2) is 66.9 Å². The maximum absolute atomic E-state index is 12.4. The van der Waals surface area contributed by atoms with Crippen molar-refractivity contribution in [3.8, 4) is 5.75 Å². The van der Waals surface area contributed by atoms with Crippen molar-refractivity contribution in [2.45, 2.75) is 25.5 Å². The standard InChI is InChI=1S/C22H20ClN3O2/c23-16-3-1-15(2-4-16)14-28-20-9-7-18(8-10-20)26-22(27)21-13-19(11-12-24-21)25-17-5-6-17/h1-4,7-13,17H,5-6,14H2,(H,24,25)(H,26,27). The van der Waals surface area contributed by atoms with E-state index >= 15 is 0 Å². The largest absolute Gasteiger partial charge is 0.489 e. The third-order valence-corrected chi connectivity index (χ3v) is 4.62. The molecule has 2 N–H and O–H groups in total. The predicted octanol–water partition coefficient (Wildman–Crippen LogP) is 5.14. The number of anilines is 2. The van der Waals surface area contributed by atoms with Gasteiger partial charge in [-0.1, -0.05) is 23.7 Å². The van der Waals surface area contributed by atoms with E-state index in [0.717, 1.165) is 17.0 Å². The second-order valence-corrected chi connectivity index (χ2v) is 7.18. The second-order valence-electron chi connectivity index (χ2n) is 6.74. The van der Waals surface area contributed by atoms with Crippen LogP contribution in [0.4, 0.5) is 11.4 Å². The predicted molar refractivity (Wildman–Crippen MR) is 111 cm³/mol. The number of pyridine rings is 1. The first kappa shape index (κ1) is 18.3. The zero-order valence-electron chi connectivity index (χ0n) is 15.2. The van der Waals surface area contributed by atoms with E-state index in [-0.39, 0.29) is 5.91 Å². The molecule has 1 aliphatic carbocycles. The normalized spacial score (nSPS) is 13.0. The van der Waals surface area contributed by atoms with Gasteiger partial charge in [-0.05, 0) is 66.9 Å². The minimum absolute atomic E-state index is 0.241. The number of ether oxygens (including phenoxy) is 1. The minimum Gasteiger partial charge on any atom is -0.489 e. The number of benzene rings is 2. The van der Waals surface area contributed by atoms with Crippen LogP contribution in [-0.4, -0.2) is 16.9 Å². The van der Waals surface area contributed by atoms with Crippen molar-refractivity contribution in [2.75, 3.05) is 10.6 Å². The van der Waals surface area contributed by atoms with E-state index in [1.165, 1.54) is 12.8 Å². The van der Waals surface area contributed by atoms with Gasteiger partial charge in [-0.3, -0.25) is 9.78 Å². The van der Waals surface area contributed by atoms with Crippen LogP contribution in [0.2, 0.25) is 5.02 Å². The number of hydrogen-bond acceptors (Lipinski definition) is 4. The Balaban J connectivity index is 1.33. The summed E-state index contributed by atoms with van der Waals surface area (Å²) in [7, 11) is 0. The van der Waals surface area contributed by atoms with Crippen molar-refractivity contribution >= 4 is 28.9 Å². The smallest absolute Gasteiger partial charge is 0.274 e. The monoisotopic (exact) mass is 393 g/mol. The average Bonchev–Trinajstić information content (AvgIpc) is 3.53. The fraction of sp³-hybridized carbons (Fsp3) is 0.182. The molecule has 5 nitrogen and oxygen atoms in total. The molecule has 3 aromatic rings. The number of nitrogens with one attached hydrogen (secondary N) is 2. The Hall–Kier alpha value is -3.05. The first-order valence-corrected chi connectivity index (χ1v) is 9.55. The highest BCUT2D eigenvalue weighted by Gasteiger charge is 2.21. The molecule has 1 heterocycles. The lowest BCUT2D eigenvalue weighted by Gasteiger charge is -2.09. The molecule has 0 atom stereocenters. The molecule has 0 saturated heterocycles. The topological polar surface area (TPSA) is 63.2 Å². The van der Waals surface area contributed by atoms with Crippen molar-refractivity contribution in [2.24, 2.45) is 0 Å². The first-order chi connectivity index (χ1) is 13.7. The van der Waals surface area contributed by atoms with E-state index in [4.69, 9.17) is 16.3 Å². The summed E-state index contributed by atoms with van der Waals surface area (Å²) in [6, 6.07) is 19.0. The fourth-order valence-corrected chi connectivity index (χ4v) is 2.81. The number of nitrogens with zero attached hydrogens (tertiary/aromatic N) is 1. The van der Waals surface area contributed by atoms with Crippen molar-refractivity contribution in [3.63, 3.8) is 0 Å². The van der Waals surface area contributed by atoms with Crippen LogP contribution in [-0.2, 0) is 6.61 Å². The molecule has 0 aliphatic heterocycles. The van der Waals surface area contributed by atoms with Crippen LogP contribution in [0.5, 0.6) is 5.75 Å². The molecule has 6 heteroatoms. The number of carbonyl (C=O) groups excluding carboxylic acids is 1. The van der Waals surface area contributed by atoms with E-state index < -0.39 is 0 Å². The maximum atomic E-state index is 12.4. The number of hydrogen-bond donors (Lipinski definition) is 2. The number of aromatic nitrogens is 1. The van der Waals surface area contributed by atoms with Gasteiger partial charge < -0.3 is 15.4 Å². The van der Waals surface area contributed by atoms with Crippen molar-refractivity contribution in [3.05, 3.63) is 83.1 Å². The Kier molecular flexibility index (Phi) is 5.44. The van der Waals surface area contributed by atoms with Crippen molar-refractivity contribution < 1.29 is 9.53 Å². The lowest BCUT2D eigenvalue weighted by molar-refractivity contribution is 0.102. The van der Waals surface area contributed by atoms with Crippen LogP contribution >= 0.6 is 11.6 Å². The minimum atomic E-state index is -0.241. The number of rotatable bonds is 7. The Bertz CT molecular complexity index is 954. The van der Waals surface area contributed by atoms with Gasteiger partial charge in [0.1, 0.15) is 18.1 Å². The Morgan fingerprint density at radius 2 is 1.79 bits per heavy atom. The zero-order chi connectivity index (χ0) is 19.3. The van der Waals surface area contributed by atoms with E-state index in [1.54, 1.807) is 24.4 Å². The lowest BCUT2D eigenvalue weighted by atomic mass is 10.2. The lowest BCUT2D eigenvalue weighted by Crippen LogP contribution is -2.14. The summed E-state index contributed by atoms with van der Waals surface area (Å²) in [6.07, 6.45) is 4.00. The van der Waals surface area contributed by atoms with Gasteiger partial charge >= 0.3 is 0 Å². The SMILES string of the molecule is O=C(Nc1ccc(OCc2ccc(Cl)cc2)cc1)c1cc(NC2CC2)ccn1. The van der Waals surface area contributed by atoms with Crippen molar-refractivity contribution in [1.29, 1.82) is 0 Å². The Morgan fingerprint density at radius 1 is 1.04 bits per heavy atom. The molecule has 0 bridgehead atoms. The van der Waals surface area contributed by atoms with Gasteiger partial charge in [0.15, 0.2) is 0 Å². The number of halogens is 1. The van der Waals surface area contributed by atoms with E-state index in [9.17, 15) is 4.79 Å². The molecule has 0 unspecified atom stereocenters. The molecule has 1 aromatic heterocycles. The zero-order valence-corrected chi connectivity index (χ0v) is 15.9. The molecular formula is C22H20ClN3O2. The van der Waals surface area contributed by atoms with E-state index in [0.29, 0.717) is 29.1 Å². The number of carbonyl (C=O) groups is 1. The highest BCUT2D eigenvalue weighted by atomic mass is 35.5. The van der Waals surface area contributed by atoms with Gasteiger partial charge in [0.25, 0.3) is 5.91 Å². The molecule has 0 radical (unpaired) electrons. The van der Waals surface area contributed by atoms with Crippen LogP contribution in [0.25, 0.3) is 0 Å². The molecule has 1 amide bonds. The van der Waals surface area contributed by atoms with Gasteiger partial charge in [-0.2, -0.15) is 0 Å². The van der Waals surface area contributed by atoms with Crippen LogP contribution in [0, 0.1) is 0 Å². The summed E-state index contributed by atoms with van der Waals surface area (Å²) < 4.78 is 5.76. The molecular weight excluding hydrogens is 374 g/mol. The molecule has 0 spiro atoms. The van der Waals surface area contributed by atoms with Gasteiger partial charge in [0.2, 0.25) is 0 Å². The molecule has 1 fully saturated rings. The molecule has 2 aromatic carbocycles. The first-order valence-electron chi connectivity index (χ1n) is 9.17. The van der Waals surface area contributed by atoms with Crippen LogP contribution in [0.1, 0.15) is 28.9 Å². The molecule has 1 saturated carbocycles. The highest BCUT2D eigenvalue weighted by molar-refractivity contribution is 6.30. The average molecular weight is 394 g/mol. The Morgan fingerprint density at radius 3 is 2.50 bits per heavy atom. The maximum Gasteiger partial charge on any atom is 0.274 e. The Labute approximate surface area is 168 Å². The number of amides is 1. The van der Waals surface area contributed by atoms with Gasteiger partial charge in [-0.25, -0.2) is 0 Å². The van der Waals surface area contributed by atoms with E-state index in [2.05, 4.69) is 15.6 Å². The van der Waals surface area contributed by atoms with Crippen molar-refractivity contribution in [1.82, 2.24) is 4.98 Å². The van der Waals surface area contributed by atoms with Crippen LogP contribution in [0.3, 0.4) is 0 Å². The summed E-state index contributed by atoms with van der Waals surface area (Å²) in [5, 5.41) is 6.93. The van der Waals surface area contributed by atoms with Gasteiger partial charge in [0.05, 0.1) is 0 Å². The quantitative estimate of drug-likeness (QED) is 0.583. The summed E-state index contributed by atoms with van der Waals surface area (Å²) in [6.45, 7) is 0.452. The van der Waals surface area contributed by atoms with Crippen LogP contribution < -0.4 is 15.4 Å². The molecule has 4 rings (SSSR count). The fourth-order valence-electron chi connectivity index (χ4n) is 2.68. The summed E-state index contributed by atoms with van der Waals surface area (Å²) >= 11 is 5.88. The summed E-state index contributed by atoms with van der Waals surface area (Å²) in [4.78, 5) is 16.6. The third-order valence-electron chi connectivity index (χ3n) is 4.37. The highest BCUT2D eigenvalue weighted by Crippen LogP contribution is 2.25.